The summed E-state index contributed by atoms with van der Waals surface area (Å²) in [7, 11) is 0. The third-order valence-electron chi connectivity index (χ3n) is 2.42. The summed E-state index contributed by atoms with van der Waals surface area (Å²) in [6.45, 7) is 5.29. The lowest BCUT2D eigenvalue weighted by Gasteiger charge is -2.27. The van der Waals surface area contributed by atoms with Crippen LogP contribution in [0.2, 0.25) is 0 Å². The molecule has 17 heavy (non-hydrogen) atoms. The Bertz CT molecular complexity index is 330. The number of alkyl carbamates (subject to hydrolysis) is 1. The third-order valence-corrected chi connectivity index (χ3v) is 2.42. The molecule has 5 heteroatoms. The van der Waals surface area contributed by atoms with Crippen LogP contribution in [-0.4, -0.2) is 28.8 Å². The van der Waals surface area contributed by atoms with Crippen LogP contribution in [0.4, 0.5) is 4.79 Å². The van der Waals surface area contributed by atoms with Gasteiger partial charge in [0.2, 0.25) is 0 Å². The van der Waals surface area contributed by atoms with Gasteiger partial charge in [-0.15, -0.1) is 0 Å². The number of carbonyl (C=O) groups excluding carboxylic acids is 1. The molecule has 1 amide bonds. The van der Waals surface area contributed by atoms with E-state index in [1.807, 2.05) is 6.08 Å². The fourth-order valence-electron chi connectivity index (χ4n) is 1.70. The van der Waals surface area contributed by atoms with Crippen molar-refractivity contribution in [3.63, 3.8) is 0 Å². The number of amides is 1. The summed E-state index contributed by atoms with van der Waals surface area (Å²) >= 11 is 0. The second-order valence-corrected chi connectivity index (χ2v) is 5.12. The first-order valence-electron chi connectivity index (χ1n) is 5.68. The molecular formula is C12H19NO4. The van der Waals surface area contributed by atoms with Gasteiger partial charge in [0.25, 0.3) is 0 Å². The maximum atomic E-state index is 11.5. The highest BCUT2D eigenvalue weighted by molar-refractivity contribution is 5.74. The largest absolute Gasteiger partial charge is 0.481 e. The van der Waals surface area contributed by atoms with E-state index in [0.717, 1.165) is 6.42 Å². The fraction of sp³-hybridized carbons (Fsp3) is 0.667. The molecule has 2 N–H and O–H groups in total. The zero-order chi connectivity index (χ0) is 13.1. The molecule has 1 rings (SSSR count). The Kier molecular flexibility index (Phi) is 4.15. The third kappa shape index (κ3) is 4.46. The maximum absolute atomic E-state index is 11.5. The molecule has 0 unspecified atom stereocenters. The van der Waals surface area contributed by atoms with E-state index >= 15 is 0 Å². The van der Waals surface area contributed by atoms with Crippen LogP contribution >= 0.6 is 0 Å². The zero-order valence-electron chi connectivity index (χ0n) is 10.4. The van der Waals surface area contributed by atoms with E-state index in [0.29, 0.717) is 6.42 Å². The van der Waals surface area contributed by atoms with Gasteiger partial charge in [-0.2, -0.15) is 0 Å². The Balaban J connectivity index is 2.59. The monoisotopic (exact) mass is 241 g/mol. The number of rotatable bonds is 2. The van der Waals surface area contributed by atoms with E-state index in [2.05, 4.69) is 5.32 Å². The van der Waals surface area contributed by atoms with Gasteiger partial charge < -0.3 is 15.2 Å². The molecule has 1 aliphatic carbocycles. The summed E-state index contributed by atoms with van der Waals surface area (Å²) in [5.74, 6) is -1.47. The molecule has 0 bridgehead atoms. The molecule has 0 saturated heterocycles. The standard InChI is InChI=1S/C12H19NO4/c1-12(2,3)17-11(16)13-9-7-5-4-6-8(9)10(14)15/h5,7-9H,4,6H2,1-3H3,(H,13,16)(H,14,15)/t8-,9-/m1/s1. The van der Waals surface area contributed by atoms with Gasteiger partial charge in [-0.3, -0.25) is 4.79 Å². The minimum absolute atomic E-state index is 0.490. The molecule has 96 valence electrons. The first-order valence-corrected chi connectivity index (χ1v) is 5.68. The van der Waals surface area contributed by atoms with Crippen LogP contribution in [0.25, 0.3) is 0 Å². The van der Waals surface area contributed by atoms with Gasteiger partial charge in [-0.25, -0.2) is 4.79 Å². The molecule has 0 aliphatic heterocycles. The van der Waals surface area contributed by atoms with E-state index in [9.17, 15) is 9.59 Å². The number of hydrogen-bond acceptors (Lipinski definition) is 3. The van der Waals surface area contributed by atoms with Crippen LogP contribution in [-0.2, 0) is 9.53 Å². The van der Waals surface area contributed by atoms with Crippen molar-refractivity contribution in [2.24, 2.45) is 5.92 Å². The molecule has 0 aromatic heterocycles. The van der Waals surface area contributed by atoms with Crippen molar-refractivity contribution in [1.29, 1.82) is 0 Å². The second-order valence-electron chi connectivity index (χ2n) is 5.12. The number of carbonyl (C=O) groups is 2. The summed E-state index contributed by atoms with van der Waals surface area (Å²) < 4.78 is 5.09. The van der Waals surface area contributed by atoms with E-state index in [-0.39, 0.29) is 0 Å². The van der Waals surface area contributed by atoms with Gasteiger partial charge in [-0.05, 0) is 33.6 Å². The summed E-state index contributed by atoms with van der Waals surface area (Å²) in [5.41, 5.74) is -0.582. The predicted molar refractivity (Wildman–Crippen MR) is 62.7 cm³/mol. The normalized spacial score (nSPS) is 24.2. The van der Waals surface area contributed by atoms with E-state index < -0.39 is 29.6 Å². The first-order chi connectivity index (χ1) is 7.79. The molecule has 2 atom stereocenters. The SMILES string of the molecule is CC(C)(C)OC(=O)N[C@@H]1C=CCC[C@H]1C(=O)O. The maximum Gasteiger partial charge on any atom is 0.408 e. The Hall–Kier alpha value is -1.52. The van der Waals surface area contributed by atoms with Crippen molar-refractivity contribution in [2.75, 3.05) is 0 Å². The Morgan fingerprint density at radius 2 is 2.06 bits per heavy atom. The molecule has 1 aliphatic rings. The highest BCUT2D eigenvalue weighted by Crippen LogP contribution is 2.19. The van der Waals surface area contributed by atoms with Crippen molar-refractivity contribution in [3.05, 3.63) is 12.2 Å². The highest BCUT2D eigenvalue weighted by atomic mass is 16.6. The summed E-state index contributed by atoms with van der Waals surface area (Å²) in [4.78, 5) is 22.5. The van der Waals surface area contributed by atoms with Crippen LogP contribution < -0.4 is 5.32 Å². The number of carboxylic acids is 1. The summed E-state index contributed by atoms with van der Waals surface area (Å²) in [5, 5.41) is 11.6. The summed E-state index contributed by atoms with van der Waals surface area (Å²) in [6, 6.07) is -0.490. The van der Waals surface area contributed by atoms with Crippen LogP contribution in [0.15, 0.2) is 12.2 Å². The van der Waals surface area contributed by atoms with E-state index in [4.69, 9.17) is 9.84 Å². The molecule has 0 spiro atoms. The van der Waals surface area contributed by atoms with Crippen LogP contribution in [0.1, 0.15) is 33.6 Å². The number of carboxylic acid groups (broad SMARTS) is 1. The molecule has 0 heterocycles. The van der Waals surface area contributed by atoms with Crippen LogP contribution in [0.3, 0.4) is 0 Å². The number of hydrogen-bond donors (Lipinski definition) is 2. The Morgan fingerprint density at radius 1 is 1.41 bits per heavy atom. The molecule has 0 aromatic carbocycles. The lowest BCUT2D eigenvalue weighted by molar-refractivity contribution is -0.142. The summed E-state index contributed by atoms with van der Waals surface area (Å²) in [6.07, 6.45) is 4.27. The van der Waals surface area contributed by atoms with Crippen molar-refractivity contribution in [1.82, 2.24) is 5.32 Å². The van der Waals surface area contributed by atoms with Crippen molar-refractivity contribution in [3.8, 4) is 0 Å². The predicted octanol–water partition coefficient (Wildman–Crippen LogP) is 1.93. The second kappa shape index (κ2) is 5.21. The molecule has 0 radical (unpaired) electrons. The van der Waals surface area contributed by atoms with E-state index in [1.165, 1.54) is 0 Å². The topological polar surface area (TPSA) is 75.6 Å². The smallest absolute Gasteiger partial charge is 0.408 e. The number of aliphatic carboxylic acids is 1. The fourth-order valence-corrected chi connectivity index (χ4v) is 1.70. The molecule has 5 nitrogen and oxygen atoms in total. The Labute approximate surface area is 101 Å². The van der Waals surface area contributed by atoms with Crippen molar-refractivity contribution in [2.45, 2.75) is 45.3 Å². The van der Waals surface area contributed by atoms with E-state index in [1.54, 1.807) is 26.8 Å². The lowest BCUT2D eigenvalue weighted by Crippen LogP contribution is -2.45. The highest BCUT2D eigenvalue weighted by Gasteiger charge is 2.30. The molecular weight excluding hydrogens is 222 g/mol. The van der Waals surface area contributed by atoms with Gasteiger partial charge >= 0.3 is 12.1 Å². The minimum Gasteiger partial charge on any atom is -0.481 e. The lowest BCUT2D eigenvalue weighted by atomic mass is 9.90. The van der Waals surface area contributed by atoms with Gasteiger partial charge in [0.05, 0.1) is 12.0 Å². The number of ether oxygens (including phenoxy) is 1. The van der Waals surface area contributed by atoms with Crippen molar-refractivity contribution >= 4 is 12.1 Å². The average Bonchev–Trinajstić information content (AvgIpc) is 2.14. The number of allylic oxidation sites excluding steroid dienone is 1. The minimum atomic E-state index is -0.893. The molecule has 0 aromatic rings. The van der Waals surface area contributed by atoms with Crippen LogP contribution in [0, 0.1) is 5.92 Å². The molecule has 0 saturated carbocycles. The molecule has 0 fully saturated rings. The quantitative estimate of drug-likeness (QED) is 0.724. The first kappa shape index (κ1) is 13.5. The Morgan fingerprint density at radius 3 is 2.59 bits per heavy atom. The zero-order valence-corrected chi connectivity index (χ0v) is 10.4. The van der Waals surface area contributed by atoms with Gasteiger partial charge in [0, 0.05) is 0 Å². The van der Waals surface area contributed by atoms with Gasteiger partial charge in [0.1, 0.15) is 5.60 Å². The van der Waals surface area contributed by atoms with Crippen LogP contribution in [0.5, 0.6) is 0 Å². The average molecular weight is 241 g/mol. The van der Waals surface area contributed by atoms with Crippen molar-refractivity contribution < 1.29 is 19.4 Å². The van der Waals surface area contributed by atoms with Gasteiger partial charge in [0.15, 0.2) is 0 Å². The number of nitrogens with one attached hydrogen (secondary N) is 1. The van der Waals surface area contributed by atoms with Gasteiger partial charge in [-0.1, -0.05) is 12.2 Å².